The minimum Gasteiger partial charge on any atom is -0.316 e. The number of hydrogen-bond donors (Lipinski definition) is 1. The third kappa shape index (κ3) is 2.48. The van der Waals surface area contributed by atoms with Gasteiger partial charge in [0, 0.05) is 4.47 Å². The quantitative estimate of drug-likeness (QED) is 0.830. The molecule has 1 rings (SSSR count). The predicted octanol–water partition coefficient (Wildman–Crippen LogP) is 3.32. The topological polar surface area (TPSA) is 26.0 Å². The van der Waals surface area contributed by atoms with Gasteiger partial charge >= 0.3 is 6.18 Å². The Labute approximate surface area is 88.2 Å². The second kappa shape index (κ2) is 3.90. The Kier molecular flexibility index (Phi) is 3.21. The number of nitrogens with two attached hydrogens (primary N) is 1. The Morgan fingerprint density at radius 2 is 1.93 bits per heavy atom. The lowest BCUT2D eigenvalue weighted by molar-refractivity contribution is -0.149. The van der Waals surface area contributed by atoms with E-state index in [0.717, 1.165) is 4.47 Å². The first-order valence-corrected chi connectivity index (χ1v) is 4.70. The highest BCUT2D eigenvalue weighted by atomic mass is 79.9. The lowest BCUT2D eigenvalue weighted by atomic mass is 10.0. The van der Waals surface area contributed by atoms with Gasteiger partial charge in [-0.3, -0.25) is 0 Å². The second-order valence-corrected chi connectivity index (χ2v) is 3.94. The van der Waals surface area contributed by atoms with Crippen LogP contribution in [0.3, 0.4) is 0 Å². The van der Waals surface area contributed by atoms with Crippen molar-refractivity contribution in [3.05, 3.63) is 33.8 Å². The summed E-state index contributed by atoms with van der Waals surface area (Å²) in [4.78, 5) is 0. The average Bonchev–Trinajstić information content (AvgIpc) is 2.01. The van der Waals surface area contributed by atoms with Crippen molar-refractivity contribution in [3.63, 3.8) is 0 Å². The number of aryl methyl sites for hydroxylation is 1. The van der Waals surface area contributed by atoms with E-state index < -0.39 is 12.2 Å². The standard InChI is InChI=1S/C9H9BrF3N/c1-5-4-6(10)2-3-7(5)8(14)9(11,12)13/h2-4,8H,14H2,1H3/t8-/m0/s1. The molecule has 1 nitrogen and oxygen atoms in total. The van der Waals surface area contributed by atoms with Crippen LogP contribution in [-0.4, -0.2) is 6.18 Å². The number of alkyl halides is 3. The van der Waals surface area contributed by atoms with Crippen molar-refractivity contribution in [2.45, 2.75) is 19.1 Å². The second-order valence-electron chi connectivity index (χ2n) is 3.02. The SMILES string of the molecule is Cc1cc(Br)ccc1[C@H](N)C(F)(F)F. The summed E-state index contributed by atoms with van der Waals surface area (Å²) in [5.74, 6) is 0. The van der Waals surface area contributed by atoms with Crippen LogP contribution in [0.15, 0.2) is 22.7 Å². The van der Waals surface area contributed by atoms with Crippen molar-refractivity contribution in [3.8, 4) is 0 Å². The molecule has 0 spiro atoms. The van der Waals surface area contributed by atoms with E-state index in [1.165, 1.54) is 6.07 Å². The van der Waals surface area contributed by atoms with Crippen molar-refractivity contribution >= 4 is 15.9 Å². The lowest BCUT2D eigenvalue weighted by Gasteiger charge is -2.17. The van der Waals surface area contributed by atoms with Gasteiger partial charge in [-0.1, -0.05) is 22.0 Å². The summed E-state index contributed by atoms with van der Waals surface area (Å²) in [6.45, 7) is 1.60. The molecule has 1 aromatic carbocycles. The van der Waals surface area contributed by atoms with E-state index in [0.29, 0.717) is 5.56 Å². The third-order valence-electron chi connectivity index (χ3n) is 1.92. The Balaban J connectivity index is 3.08. The molecule has 5 heteroatoms. The van der Waals surface area contributed by atoms with Crippen LogP contribution in [0.4, 0.5) is 13.2 Å². The maximum absolute atomic E-state index is 12.3. The Hall–Kier alpha value is -0.550. The number of rotatable bonds is 1. The minimum atomic E-state index is -4.39. The van der Waals surface area contributed by atoms with Crippen molar-refractivity contribution in [2.24, 2.45) is 5.73 Å². The molecule has 0 heterocycles. The normalized spacial score (nSPS) is 14.1. The largest absolute Gasteiger partial charge is 0.407 e. The van der Waals surface area contributed by atoms with Gasteiger partial charge in [0.1, 0.15) is 6.04 Å². The van der Waals surface area contributed by atoms with Crippen LogP contribution < -0.4 is 5.73 Å². The molecule has 0 amide bonds. The van der Waals surface area contributed by atoms with Crippen LogP contribution in [-0.2, 0) is 0 Å². The molecule has 0 saturated carbocycles. The molecule has 0 bridgehead atoms. The van der Waals surface area contributed by atoms with Gasteiger partial charge in [-0.2, -0.15) is 13.2 Å². The molecule has 1 aromatic rings. The molecule has 0 aromatic heterocycles. The average molecular weight is 268 g/mol. The molecule has 78 valence electrons. The van der Waals surface area contributed by atoms with Crippen LogP contribution >= 0.6 is 15.9 Å². The molecule has 0 saturated heterocycles. The maximum atomic E-state index is 12.3. The molecule has 1 atom stereocenters. The zero-order valence-electron chi connectivity index (χ0n) is 7.40. The molecule has 0 aliphatic carbocycles. The Morgan fingerprint density at radius 3 is 2.36 bits per heavy atom. The molecule has 14 heavy (non-hydrogen) atoms. The first-order valence-electron chi connectivity index (χ1n) is 3.90. The minimum absolute atomic E-state index is 0.112. The molecule has 2 N–H and O–H groups in total. The van der Waals surface area contributed by atoms with E-state index in [4.69, 9.17) is 5.73 Å². The predicted molar refractivity (Wildman–Crippen MR) is 51.9 cm³/mol. The third-order valence-corrected chi connectivity index (χ3v) is 2.41. The summed E-state index contributed by atoms with van der Waals surface area (Å²) in [5, 5.41) is 0. The molecular formula is C9H9BrF3N. The van der Waals surface area contributed by atoms with E-state index >= 15 is 0 Å². The highest BCUT2D eigenvalue weighted by Crippen LogP contribution is 2.32. The van der Waals surface area contributed by atoms with Crippen LogP contribution in [0.25, 0.3) is 0 Å². The molecule has 0 aliphatic heterocycles. The summed E-state index contributed by atoms with van der Waals surface area (Å²) in [6, 6.07) is 2.64. The van der Waals surface area contributed by atoms with Gasteiger partial charge in [0.25, 0.3) is 0 Å². The summed E-state index contributed by atoms with van der Waals surface area (Å²) in [5.41, 5.74) is 5.73. The molecule has 0 unspecified atom stereocenters. The zero-order valence-corrected chi connectivity index (χ0v) is 8.98. The van der Waals surface area contributed by atoms with Crippen molar-refractivity contribution in [2.75, 3.05) is 0 Å². The van der Waals surface area contributed by atoms with E-state index in [1.54, 1.807) is 19.1 Å². The van der Waals surface area contributed by atoms with Crippen LogP contribution in [0.5, 0.6) is 0 Å². The summed E-state index contributed by atoms with van der Waals surface area (Å²) in [7, 11) is 0. The molecule has 0 fully saturated rings. The highest BCUT2D eigenvalue weighted by Gasteiger charge is 2.38. The van der Waals surface area contributed by atoms with Gasteiger partial charge < -0.3 is 5.73 Å². The molecule has 0 aliphatic rings. The fraction of sp³-hybridized carbons (Fsp3) is 0.333. The van der Waals surface area contributed by atoms with Crippen molar-refractivity contribution in [1.29, 1.82) is 0 Å². The molecular weight excluding hydrogens is 259 g/mol. The Bertz CT molecular complexity index is 335. The maximum Gasteiger partial charge on any atom is 0.407 e. The smallest absolute Gasteiger partial charge is 0.316 e. The van der Waals surface area contributed by atoms with Gasteiger partial charge in [-0.05, 0) is 30.2 Å². The highest BCUT2D eigenvalue weighted by molar-refractivity contribution is 9.10. The molecule has 0 radical (unpaired) electrons. The van der Waals surface area contributed by atoms with Crippen LogP contribution in [0, 0.1) is 6.92 Å². The van der Waals surface area contributed by atoms with Gasteiger partial charge in [-0.25, -0.2) is 0 Å². The van der Waals surface area contributed by atoms with Crippen molar-refractivity contribution < 1.29 is 13.2 Å². The Morgan fingerprint density at radius 1 is 1.36 bits per heavy atom. The zero-order chi connectivity index (χ0) is 10.9. The van der Waals surface area contributed by atoms with Gasteiger partial charge in [0.05, 0.1) is 0 Å². The van der Waals surface area contributed by atoms with E-state index in [1.807, 2.05) is 0 Å². The van der Waals surface area contributed by atoms with Gasteiger partial charge in [0.2, 0.25) is 0 Å². The lowest BCUT2D eigenvalue weighted by Crippen LogP contribution is -2.29. The fourth-order valence-electron chi connectivity index (χ4n) is 1.16. The van der Waals surface area contributed by atoms with E-state index in [-0.39, 0.29) is 5.56 Å². The van der Waals surface area contributed by atoms with E-state index in [2.05, 4.69) is 15.9 Å². The summed E-state index contributed by atoms with van der Waals surface area (Å²) >= 11 is 3.17. The first kappa shape index (κ1) is 11.5. The van der Waals surface area contributed by atoms with Crippen molar-refractivity contribution in [1.82, 2.24) is 0 Å². The van der Waals surface area contributed by atoms with Crippen LogP contribution in [0.1, 0.15) is 17.2 Å². The summed E-state index contributed by atoms with van der Waals surface area (Å²) < 4.78 is 37.6. The van der Waals surface area contributed by atoms with E-state index in [9.17, 15) is 13.2 Å². The fourth-order valence-corrected chi connectivity index (χ4v) is 1.64. The number of benzene rings is 1. The summed E-state index contributed by atoms with van der Waals surface area (Å²) in [6.07, 6.45) is -4.39. The number of halogens is 4. The number of hydrogen-bond acceptors (Lipinski definition) is 1. The monoisotopic (exact) mass is 267 g/mol. The van der Waals surface area contributed by atoms with Gasteiger partial charge in [0.15, 0.2) is 0 Å². The van der Waals surface area contributed by atoms with Crippen LogP contribution in [0.2, 0.25) is 0 Å². The van der Waals surface area contributed by atoms with Gasteiger partial charge in [-0.15, -0.1) is 0 Å². The first-order chi connectivity index (χ1) is 6.32.